The predicted molar refractivity (Wildman–Crippen MR) is 78.8 cm³/mol. The molecule has 0 saturated carbocycles. The topological polar surface area (TPSA) is 54.5 Å². The van der Waals surface area contributed by atoms with Crippen LogP contribution in [0.25, 0.3) is 0 Å². The van der Waals surface area contributed by atoms with Crippen LogP contribution in [0.5, 0.6) is 0 Å². The highest BCUT2D eigenvalue weighted by Crippen LogP contribution is 2.28. The lowest BCUT2D eigenvalue weighted by Gasteiger charge is -2.24. The van der Waals surface area contributed by atoms with E-state index in [9.17, 15) is 13.2 Å². The van der Waals surface area contributed by atoms with Crippen molar-refractivity contribution < 1.29 is 13.2 Å². The van der Waals surface area contributed by atoms with E-state index in [0.29, 0.717) is 6.54 Å². The molecular weight excluding hydrogens is 321 g/mol. The van der Waals surface area contributed by atoms with Crippen LogP contribution in [0.2, 0.25) is 5.02 Å². The van der Waals surface area contributed by atoms with Crippen LogP contribution in [0, 0.1) is 0 Å². The molecule has 1 amide bonds. The first kappa shape index (κ1) is 15.6. The maximum atomic E-state index is 12.5. The highest BCUT2D eigenvalue weighted by Gasteiger charge is 2.29. The minimum Gasteiger partial charge on any atom is -0.336 e. The third-order valence-corrected chi connectivity index (χ3v) is 5.24. The van der Waals surface area contributed by atoms with Crippen LogP contribution in [0.1, 0.15) is 36.5 Å². The van der Waals surface area contributed by atoms with Gasteiger partial charge in [-0.15, -0.1) is 0 Å². The molecule has 1 aromatic rings. The molecule has 0 radical (unpaired) electrons. The largest absolute Gasteiger partial charge is 0.336 e. The smallest absolute Gasteiger partial charge is 0.261 e. The van der Waals surface area contributed by atoms with Crippen LogP contribution in [-0.4, -0.2) is 31.8 Å². The lowest BCUT2D eigenvalue weighted by atomic mass is 10.1. The summed E-state index contributed by atoms with van der Waals surface area (Å²) in [5.41, 5.74) is 0.189. The summed E-state index contributed by atoms with van der Waals surface area (Å²) in [4.78, 5) is 14.2. The van der Waals surface area contributed by atoms with Crippen molar-refractivity contribution in [1.82, 2.24) is 4.90 Å². The zero-order valence-electron chi connectivity index (χ0n) is 11.0. The van der Waals surface area contributed by atoms with E-state index in [1.807, 2.05) is 6.92 Å². The second kappa shape index (κ2) is 5.92. The number of rotatable bonds is 3. The minimum absolute atomic E-state index is 0.112. The predicted octanol–water partition coefficient (Wildman–Crippen LogP) is 3.28. The number of hydrogen-bond acceptors (Lipinski definition) is 3. The maximum Gasteiger partial charge on any atom is 0.261 e. The molecule has 0 bridgehead atoms. The normalized spacial score (nSPS) is 19.4. The van der Waals surface area contributed by atoms with E-state index in [-0.39, 0.29) is 27.4 Å². The fraction of sp³-hybridized carbons (Fsp3) is 0.462. The van der Waals surface area contributed by atoms with Gasteiger partial charge in [-0.3, -0.25) is 4.79 Å². The van der Waals surface area contributed by atoms with Crippen molar-refractivity contribution in [2.75, 3.05) is 6.54 Å². The number of carbonyl (C=O) groups is 1. The SMILES string of the molecule is CCC1CCCN1C(=O)c1cc(S(=O)(=O)Cl)ccc1Cl. The zero-order valence-corrected chi connectivity index (χ0v) is 13.3. The third kappa shape index (κ3) is 3.10. The van der Waals surface area contributed by atoms with Crippen LogP contribution in [0.3, 0.4) is 0 Å². The van der Waals surface area contributed by atoms with Gasteiger partial charge < -0.3 is 4.90 Å². The standard InChI is InChI=1S/C13H15Cl2NO3S/c1-2-9-4-3-7-16(9)13(17)11-8-10(20(15,18)19)5-6-12(11)14/h5-6,8-9H,2-4,7H2,1H3. The summed E-state index contributed by atoms with van der Waals surface area (Å²) < 4.78 is 22.7. The molecule has 20 heavy (non-hydrogen) atoms. The van der Waals surface area contributed by atoms with Crippen LogP contribution in [-0.2, 0) is 9.05 Å². The molecule has 1 fully saturated rings. The van der Waals surface area contributed by atoms with E-state index in [0.717, 1.165) is 19.3 Å². The fourth-order valence-corrected chi connectivity index (χ4v) is 3.48. The highest BCUT2D eigenvalue weighted by atomic mass is 35.7. The second-order valence-corrected chi connectivity index (χ2v) is 7.76. The molecule has 1 heterocycles. The Morgan fingerprint density at radius 3 is 2.75 bits per heavy atom. The molecule has 1 atom stereocenters. The first-order valence-electron chi connectivity index (χ1n) is 6.39. The Hall–Kier alpha value is -0.780. The quantitative estimate of drug-likeness (QED) is 0.796. The molecule has 1 saturated heterocycles. The maximum absolute atomic E-state index is 12.5. The molecule has 110 valence electrons. The van der Waals surface area contributed by atoms with Crippen molar-refractivity contribution in [3.05, 3.63) is 28.8 Å². The van der Waals surface area contributed by atoms with E-state index < -0.39 is 9.05 Å². The molecule has 2 rings (SSSR count). The summed E-state index contributed by atoms with van der Waals surface area (Å²) in [5, 5.41) is 0.237. The van der Waals surface area contributed by atoms with Crippen molar-refractivity contribution in [2.24, 2.45) is 0 Å². The van der Waals surface area contributed by atoms with E-state index >= 15 is 0 Å². The van der Waals surface area contributed by atoms with E-state index in [4.69, 9.17) is 22.3 Å². The van der Waals surface area contributed by atoms with Crippen LogP contribution >= 0.6 is 22.3 Å². The molecule has 1 aliphatic rings. The number of likely N-dealkylation sites (tertiary alicyclic amines) is 1. The van der Waals surface area contributed by atoms with Gasteiger partial charge in [-0.2, -0.15) is 0 Å². The number of hydrogen-bond donors (Lipinski definition) is 0. The van der Waals surface area contributed by atoms with E-state index in [1.165, 1.54) is 18.2 Å². The second-order valence-electron chi connectivity index (χ2n) is 4.78. The lowest BCUT2D eigenvalue weighted by Crippen LogP contribution is -2.35. The Bertz CT molecular complexity index is 631. The first-order chi connectivity index (χ1) is 9.34. The first-order valence-corrected chi connectivity index (χ1v) is 9.08. The van der Waals surface area contributed by atoms with E-state index in [1.54, 1.807) is 4.90 Å². The van der Waals surface area contributed by atoms with Crippen LogP contribution < -0.4 is 0 Å². The summed E-state index contributed by atoms with van der Waals surface area (Å²) in [7, 11) is 1.43. The summed E-state index contributed by atoms with van der Waals surface area (Å²) in [5.74, 6) is -0.235. The van der Waals surface area contributed by atoms with Gasteiger partial charge >= 0.3 is 0 Å². The van der Waals surface area contributed by atoms with Gasteiger partial charge in [0.25, 0.3) is 15.0 Å². The van der Waals surface area contributed by atoms with Crippen molar-refractivity contribution in [3.63, 3.8) is 0 Å². The van der Waals surface area contributed by atoms with Crippen molar-refractivity contribution in [2.45, 2.75) is 37.1 Å². The summed E-state index contributed by atoms with van der Waals surface area (Å²) in [6.07, 6.45) is 2.79. The number of halogens is 2. The summed E-state index contributed by atoms with van der Waals surface area (Å²) >= 11 is 6.03. The van der Waals surface area contributed by atoms with Gasteiger partial charge in [0.15, 0.2) is 0 Å². The van der Waals surface area contributed by atoms with Gasteiger partial charge in [-0.1, -0.05) is 18.5 Å². The Labute approximate surface area is 128 Å². The Balaban J connectivity index is 2.39. The number of benzene rings is 1. The van der Waals surface area contributed by atoms with Gasteiger partial charge in [0, 0.05) is 23.3 Å². The molecule has 1 unspecified atom stereocenters. The minimum atomic E-state index is -3.88. The Kier molecular flexibility index (Phi) is 4.62. The molecule has 0 aliphatic carbocycles. The fourth-order valence-electron chi connectivity index (χ4n) is 2.50. The van der Waals surface area contributed by atoms with Gasteiger partial charge in [-0.05, 0) is 37.5 Å². The van der Waals surface area contributed by atoms with Crippen molar-refractivity contribution in [1.29, 1.82) is 0 Å². The molecular formula is C13H15Cl2NO3S. The molecule has 1 aromatic carbocycles. The molecule has 0 spiro atoms. The average Bonchev–Trinajstić information content (AvgIpc) is 2.85. The summed E-state index contributed by atoms with van der Waals surface area (Å²) in [6.45, 7) is 2.70. The lowest BCUT2D eigenvalue weighted by molar-refractivity contribution is 0.0733. The molecule has 7 heteroatoms. The number of nitrogens with zero attached hydrogens (tertiary/aromatic N) is 1. The van der Waals surface area contributed by atoms with Gasteiger partial charge in [-0.25, -0.2) is 8.42 Å². The van der Waals surface area contributed by atoms with Gasteiger partial charge in [0.2, 0.25) is 0 Å². The molecule has 0 aromatic heterocycles. The average molecular weight is 336 g/mol. The van der Waals surface area contributed by atoms with Crippen molar-refractivity contribution in [3.8, 4) is 0 Å². The molecule has 1 aliphatic heterocycles. The molecule has 0 N–H and O–H groups in total. The summed E-state index contributed by atoms with van der Waals surface area (Å²) in [6, 6.07) is 4.12. The van der Waals surface area contributed by atoms with Crippen LogP contribution in [0.15, 0.2) is 23.1 Å². The van der Waals surface area contributed by atoms with Gasteiger partial charge in [0.05, 0.1) is 15.5 Å². The van der Waals surface area contributed by atoms with Gasteiger partial charge in [0.1, 0.15) is 0 Å². The Morgan fingerprint density at radius 1 is 1.45 bits per heavy atom. The number of carbonyl (C=O) groups excluding carboxylic acids is 1. The van der Waals surface area contributed by atoms with Crippen molar-refractivity contribution >= 4 is 37.2 Å². The monoisotopic (exact) mass is 335 g/mol. The third-order valence-electron chi connectivity index (χ3n) is 3.56. The van der Waals surface area contributed by atoms with Crippen LogP contribution in [0.4, 0.5) is 0 Å². The highest BCUT2D eigenvalue weighted by molar-refractivity contribution is 8.13. The van der Waals surface area contributed by atoms with E-state index in [2.05, 4.69) is 0 Å². The Morgan fingerprint density at radius 2 is 2.15 bits per heavy atom. The number of amides is 1. The molecule has 4 nitrogen and oxygen atoms in total. The zero-order chi connectivity index (χ0) is 14.9.